The highest BCUT2D eigenvalue weighted by Gasteiger charge is 2.29. The molecule has 27 heavy (non-hydrogen) atoms. The minimum atomic E-state index is -0.246. The van der Waals surface area contributed by atoms with E-state index >= 15 is 0 Å². The number of hydrogen-bond donors (Lipinski definition) is 0. The molecule has 1 aliphatic rings. The summed E-state index contributed by atoms with van der Waals surface area (Å²) in [6, 6.07) is 16.4. The fraction of sp³-hybridized carbons (Fsp3) is 0.286. The minimum Gasteiger partial charge on any atom is -0.311 e. The van der Waals surface area contributed by atoms with Crippen LogP contribution in [0.1, 0.15) is 23.9 Å². The molecule has 0 saturated carbocycles. The highest BCUT2D eigenvalue weighted by molar-refractivity contribution is 8.00. The van der Waals surface area contributed by atoms with Gasteiger partial charge in [0.25, 0.3) is 0 Å². The maximum absolute atomic E-state index is 13.1. The van der Waals surface area contributed by atoms with Crippen LogP contribution in [0, 0.1) is 13.8 Å². The number of carbonyl (C=O) groups excluding carboxylic acids is 1. The van der Waals surface area contributed by atoms with E-state index in [1.54, 1.807) is 0 Å². The van der Waals surface area contributed by atoms with E-state index in [9.17, 15) is 4.79 Å². The molecule has 138 valence electrons. The molecule has 4 rings (SSSR count). The normalized spacial score (nSPS) is 14.3. The minimum absolute atomic E-state index is 0.112. The second kappa shape index (κ2) is 7.19. The zero-order chi connectivity index (χ0) is 19.0. The first-order chi connectivity index (χ1) is 13.0. The zero-order valence-electron chi connectivity index (χ0n) is 15.7. The topological polar surface area (TPSA) is 51.0 Å². The van der Waals surface area contributed by atoms with Crippen LogP contribution in [0.25, 0.3) is 5.69 Å². The van der Waals surface area contributed by atoms with E-state index in [1.807, 2.05) is 41.5 Å². The summed E-state index contributed by atoms with van der Waals surface area (Å²) < 4.78 is 2.01. The molecular weight excluding hydrogens is 356 g/mol. The largest absolute Gasteiger partial charge is 0.311 e. The molecule has 0 spiro atoms. The molecule has 3 aromatic rings. The molecule has 0 radical (unpaired) electrons. The Morgan fingerprint density at radius 1 is 1.07 bits per heavy atom. The standard InChI is InChI=1S/C21H22N4OS/c1-14-8-10-18(11-9-14)25-16(3)22-23-21(25)27-15(2)20(26)24-13-12-17-6-4-5-7-19(17)24/h4-11,15H,12-13H2,1-3H3/t15-/m1/s1. The maximum atomic E-state index is 13.1. The van der Waals surface area contributed by atoms with Crippen molar-refractivity contribution in [3.8, 4) is 5.69 Å². The Bertz CT molecular complexity index is 980. The van der Waals surface area contributed by atoms with Crippen LogP contribution >= 0.6 is 11.8 Å². The highest BCUT2D eigenvalue weighted by atomic mass is 32.2. The van der Waals surface area contributed by atoms with Gasteiger partial charge in [0.15, 0.2) is 5.16 Å². The third kappa shape index (κ3) is 3.37. The van der Waals surface area contributed by atoms with Gasteiger partial charge in [-0.25, -0.2) is 0 Å². The van der Waals surface area contributed by atoms with Crippen LogP contribution < -0.4 is 4.90 Å². The molecule has 0 saturated heterocycles. The van der Waals surface area contributed by atoms with E-state index in [-0.39, 0.29) is 11.2 Å². The molecule has 0 N–H and O–H groups in total. The first-order valence-corrected chi connectivity index (χ1v) is 9.97. The fourth-order valence-electron chi connectivity index (χ4n) is 3.41. The van der Waals surface area contributed by atoms with E-state index in [1.165, 1.54) is 22.9 Å². The van der Waals surface area contributed by atoms with Gasteiger partial charge >= 0.3 is 0 Å². The van der Waals surface area contributed by atoms with E-state index in [0.29, 0.717) is 0 Å². The van der Waals surface area contributed by atoms with Gasteiger partial charge in [0.2, 0.25) is 5.91 Å². The van der Waals surface area contributed by atoms with Crippen LogP contribution in [0.15, 0.2) is 53.7 Å². The number of para-hydroxylation sites is 1. The van der Waals surface area contributed by atoms with Crippen molar-refractivity contribution >= 4 is 23.4 Å². The number of carbonyl (C=O) groups is 1. The lowest BCUT2D eigenvalue weighted by Gasteiger charge is -2.21. The SMILES string of the molecule is Cc1ccc(-n2c(C)nnc2S[C@H](C)C(=O)N2CCc3ccccc32)cc1. The summed E-state index contributed by atoms with van der Waals surface area (Å²) in [4.78, 5) is 15.0. The highest BCUT2D eigenvalue weighted by Crippen LogP contribution is 2.32. The first-order valence-electron chi connectivity index (χ1n) is 9.09. The molecular formula is C21H22N4OS. The summed E-state index contributed by atoms with van der Waals surface area (Å²) in [6.07, 6.45) is 0.915. The fourth-order valence-corrected chi connectivity index (χ4v) is 4.38. The smallest absolute Gasteiger partial charge is 0.240 e. The van der Waals surface area contributed by atoms with Gasteiger partial charge in [-0.1, -0.05) is 47.7 Å². The Morgan fingerprint density at radius 3 is 2.59 bits per heavy atom. The maximum Gasteiger partial charge on any atom is 0.240 e. The lowest BCUT2D eigenvalue weighted by molar-refractivity contribution is -0.117. The molecule has 0 aliphatic carbocycles. The second-order valence-corrected chi connectivity index (χ2v) is 8.14. The van der Waals surface area contributed by atoms with Crippen molar-refractivity contribution in [2.24, 2.45) is 0 Å². The molecule has 2 aromatic carbocycles. The molecule has 1 aromatic heterocycles. The average Bonchev–Trinajstić information content (AvgIpc) is 3.26. The number of anilines is 1. The molecule has 1 atom stereocenters. The number of aryl methyl sites for hydroxylation is 2. The summed E-state index contributed by atoms with van der Waals surface area (Å²) in [6.45, 7) is 6.68. The Hall–Kier alpha value is -2.60. The first kappa shape index (κ1) is 17.8. The second-order valence-electron chi connectivity index (χ2n) is 6.83. The van der Waals surface area contributed by atoms with Crippen molar-refractivity contribution in [2.45, 2.75) is 37.6 Å². The van der Waals surface area contributed by atoms with Gasteiger partial charge in [-0.2, -0.15) is 0 Å². The van der Waals surface area contributed by atoms with E-state index in [2.05, 4.69) is 47.5 Å². The van der Waals surface area contributed by atoms with E-state index < -0.39 is 0 Å². The van der Waals surface area contributed by atoms with Gasteiger partial charge in [-0.15, -0.1) is 10.2 Å². The average molecular weight is 379 g/mol. The van der Waals surface area contributed by atoms with Gasteiger partial charge < -0.3 is 4.90 Å². The van der Waals surface area contributed by atoms with Gasteiger partial charge in [0, 0.05) is 17.9 Å². The number of nitrogens with zero attached hydrogens (tertiary/aromatic N) is 4. The van der Waals surface area contributed by atoms with Gasteiger partial charge in [-0.3, -0.25) is 9.36 Å². The molecule has 1 aliphatic heterocycles. The third-order valence-corrected chi connectivity index (χ3v) is 5.90. The van der Waals surface area contributed by atoms with Crippen LogP contribution in [0.5, 0.6) is 0 Å². The van der Waals surface area contributed by atoms with Crippen molar-refractivity contribution in [3.05, 3.63) is 65.5 Å². The number of fused-ring (bicyclic) bond motifs is 1. The predicted octanol–water partition coefficient (Wildman–Crippen LogP) is 3.95. The monoisotopic (exact) mass is 378 g/mol. The summed E-state index contributed by atoms with van der Waals surface area (Å²) in [5, 5.41) is 9.04. The van der Waals surface area contributed by atoms with Crippen LogP contribution in [-0.2, 0) is 11.2 Å². The predicted molar refractivity (Wildman–Crippen MR) is 109 cm³/mol. The zero-order valence-corrected chi connectivity index (χ0v) is 16.5. The molecule has 5 nitrogen and oxygen atoms in total. The van der Waals surface area contributed by atoms with Crippen molar-refractivity contribution in [1.82, 2.24) is 14.8 Å². The number of amides is 1. The third-order valence-electron chi connectivity index (χ3n) is 4.87. The molecule has 0 bridgehead atoms. The lowest BCUT2D eigenvalue weighted by atomic mass is 10.2. The van der Waals surface area contributed by atoms with Gasteiger partial charge in [-0.05, 0) is 51.0 Å². The van der Waals surface area contributed by atoms with Crippen LogP contribution in [0.2, 0.25) is 0 Å². The molecule has 0 unspecified atom stereocenters. The molecule has 6 heteroatoms. The molecule has 0 fully saturated rings. The summed E-state index contributed by atoms with van der Waals surface area (Å²) in [7, 11) is 0. The number of hydrogen-bond acceptors (Lipinski definition) is 4. The molecule has 2 heterocycles. The Labute approximate surface area is 163 Å². The summed E-state index contributed by atoms with van der Waals surface area (Å²) in [5.74, 6) is 0.925. The van der Waals surface area contributed by atoms with Crippen LogP contribution in [0.4, 0.5) is 5.69 Å². The Morgan fingerprint density at radius 2 is 1.81 bits per heavy atom. The van der Waals surface area contributed by atoms with Crippen molar-refractivity contribution in [2.75, 3.05) is 11.4 Å². The lowest BCUT2D eigenvalue weighted by Crippen LogP contribution is -2.35. The number of aromatic nitrogens is 3. The summed E-state index contributed by atoms with van der Waals surface area (Å²) >= 11 is 1.46. The Kier molecular flexibility index (Phi) is 4.74. The van der Waals surface area contributed by atoms with Gasteiger partial charge in [0.1, 0.15) is 5.82 Å². The van der Waals surface area contributed by atoms with E-state index in [0.717, 1.165) is 35.3 Å². The number of benzene rings is 2. The number of thioether (sulfide) groups is 1. The quantitative estimate of drug-likeness (QED) is 0.645. The van der Waals surface area contributed by atoms with Crippen LogP contribution in [0.3, 0.4) is 0 Å². The Balaban J connectivity index is 1.56. The van der Waals surface area contributed by atoms with Crippen molar-refractivity contribution in [3.63, 3.8) is 0 Å². The van der Waals surface area contributed by atoms with Crippen molar-refractivity contribution in [1.29, 1.82) is 0 Å². The number of rotatable bonds is 4. The van der Waals surface area contributed by atoms with Crippen LogP contribution in [-0.4, -0.2) is 32.5 Å². The molecule has 1 amide bonds. The van der Waals surface area contributed by atoms with Crippen molar-refractivity contribution < 1.29 is 4.79 Å². The van der Waals surface area contributed by atoms with Gasteiger partial charge in [0.05, 0.1) is 5.25 Å². The van der Waals surface area contributed by atoms with E-state index in [4.69, 9.17) is 0 Å². The summed E-state index contributed by atoms with van der Waals surface area (Å²) in [5.41, 5.74) is 4.49.